The maximum absolute atomic E-state index is 10.6. The van der Waals surface area contributed by atoms with Crippen molar-refractivity contribution < 1.29 is 4.79 Å². The van der Waals surface area contributed by atoms with E-state index >= 15 is 0 Å². The summed E-state index contributed by atoms with van der Waals surface area (Å²) in [6.07, 6.45) is 4.36. The molecule has 84 valence electrons. The topological polar surface area (TPSA) is 71.8 Å². The Hall–Kier alpha value is -2.14. The minimum Gasteiger partial charge on any atom is -0.397 e. The first kappa shape index (κ1) is 10.0. The molecule has 0 radical (unpaired) electrons. The molecule has 0 bridgehead atoms. The normalized spacial score (nSPS) is 10.8. The van der Waals surface area contributed by atoms with E-state index in [2.05, 4.69) is 9.97 Å². The summed E-state index contributed by atoms with van der Waals surface area (Å²) in [6.45, 7) is 0. The lowest BCUT2D eigenvalue weighted by molar-refractivity contribution is 0.112. The first-order valence-electron chi connectivity index (χ1n) is 5.06. The van der Waals surface area contributed by atoms with Gasteiger partial charge in [0.05, 0.1) is 10.6 Å². The number of hydrogen-bond donors (Lipinski definition) is 2. The van der Waals surface area contributed by atoms with Crippen LogP contribution in [-0.4, -0.2) is 16.3 Å². The summed E-state index contributed by atoms with van der Waals surface area (Å²) in [7, 11) is 0. The van der Waals surface area contributed by atoms with Crippen molar-refractivity contribution in [2.24, 2.45) is 0 Å². The lowest BCUT2D eigenvalue weighted by atomic mass is 10.2. The summed E-state index contributed by atoms with van der Waals surface area (Å²) in [6, 6.07) is 5.70. The molecule has 0 amide bonds. The second-order valence-corrected chi connectivity index (χ2v) is 4.80. The summed E-state index contributed by atoms with van der Waals surface area (Å²) < 4.78 is 0. The zero-order valence-corrected chi connectivity index (χ0v) is 9.62. The zero-order chi connectivity index (χ0) is 11.8. The van der Waals surface area contributed by atoms with Gasteiger partial charge in [-0.05, 0) is 18.2 Å². The van der Waals surface area contributed by atoms with Crippen molar-refractivity contribution in [2.75, 3.05) is 5.73 Å². The fourth-order valence-electron chi connectivity index (χ4n) is 1.73. The van der Waals surface area contributed by atoms with Crippen LogP contribution in [0.5, 0.6) is 0 Å². The minimum atomic E-state index is 0.682. The number of thiophene rings is 1. The van der Waals surface area contributed by atoms with Crippen LogP contribution in [0.3, 0.4) is 0 Å². The number of aromatic amines is 1. The van der Waals surface area contributed by atoms with Crippen molar-refractivity contribution in [2.45, 2.75) is 0 Å². The Bertz CT molecular complexity index is 699. The van der Waals surface area contributed by atoms with Crippen LogP contribution >= 0.6 is 11.3 Å². The molecule has 17 heavy (non-hydrogen) atoms. The second kappa shape index (κ2) is 3.71. The summed E-state index contributed by atoms with van der Waals surface area (Å²) >= 11 is 1.44. The van der Waals surface area contributed by atoms with E-state index in [1.165, 1.54) is 11.3 Å². The van der Waals surface area contributed by atoms with E-state index in [1.807, 2.05) is 12.1 Å². The van der Waals surface area contributed by atoms with Crippen LogP contribution in [-0.2, 0) is 0 Å². The SMILES string of the molecule is Nc1c[nH]c2ncc(-c3ccc(C=O)s3)cc12. The molecular weight excluding hydrogens is 234 g/mol. The quantitative estimate of drug-likeness (QED) is 0.680. The number of hydrogen-bond acceptors (Lipinski definition) is 4. The predicted molar refractivity (Wildman–Crippen MR) is 69.2 cm³/mol. The van der Waals surface area contributed by atoms with Gasteiger partial charge in [-0.3, -0.25) is 4.79 Å². The van der Waals surface area contributed by atoms with E-state index in [4.69, 9.17) is 5.73 Å². The summed E-state index contributed by atoms with van der Waals surface area (Å²) in [5, 5.41) is 0.906. The number of carbonyl (C=O) groups is 1. The third-order valence-corrected chi connectivity index (χ3v) is 3.65. The molecule has 0 atom stereocenters. The maximum atomic E-state index is 10.6. The molecule has 0 unspecified atom stereocenters. The number of pyridine rings is 1. The average molecular weight is 243 g/mol. The van der Waals surface area contributed by atoms with Gasteiger partial charge in [-0.2, -0.15) is 0 Å². The van der Waals surface area contributed by atoms with Gasteiger partial charge in [0, 0.05) is 28.2 Å². The van der Waals surface area contributed by atoms with E-state index in [-0.39, 0.29) is 0 Å². The van der Waals surface area contributed by atoms with Crippen LogP contribution in [0.2, 0.25) is 0 Å². The number of fused-ring (bicyclic) bond motifs is 1. The molecule has 3 aromatic rings. The van der Waals surface area contributed by atoms with Crippen LogP contribution in [0.4, 0.5) is 5.69 Å². The second-order valence-electron chi connectivity index (χ2n) is 3.68. The van der Waals surface area contributed by atoms with E-state index < -0.39 is 0 Å². The number of nitrogens with zero attached hydrogens (tertiary/aromatic N) is 1. The van der Waals surface area contributed by atoms with Gasteiger partial charge < -0.3 is 10.7 Å². The first-order chi connectivity index (χ1) is 8.28. The Morgan fingerprint density at radius 1 is 1.41 bits per heavy atom. The van der Waals surface area contributed by atoms with Crippen molar-refractivity contribution in [3.8, 4) is 10.4 Å². The van der Waals surface area contributed by atoms with Crippen LogP contribution in [0, 0.1) is 0 Å². The van der Waals surface area contributed by atoms with Gasteiger partial charge in [-0.25, -0.2) is 4.98 Å². The van der Waals surface area contributed by atoms with E-state index in [0.717, 1.165) is 27.8 Å². The molecule has 4 nitrogen and oxygen atoms in total. The molecule has 0 aromatic carbocycles. The Labute approximate surface area is 101 Å². The average Bonchev–Trinajstić information content (AvgIpc) is 2.96. The molecule has 3 N–H and O–H groups in total. The smallest absolute Gasteiger partial charge is 0.160 e. The molecule has 3 heterocycles. The highest BCUT2D eigenvalue weighted by molar-refractivity contribution is 7.17. The monoisotopic (exact) mass is 243 g/mol. The third kappa shape index (κ3) is 1.60. The molecule has 0 saturated heterocycles. The number of rotatable bonds is 2. The highest BCUT2D eigenvalue weighted by atomic mass is 32.1. The van der Waals surface area contributed by atoms with Crippen LogP contribution < -0.4 is 5.73 Å². The molecular formula is C12H9N3OS. The largest absolute Gasteiger partial charge is 0.397 e. The van der Waals surface area contributed by atoms with E-state index in [1.54, 1.807) is 18.5 Å². The van der Waals surface area contributed by atoms with Gasteiger partial charge >= 0.3 is 0 Å². The van der Waals surface area contributed by atoms with E-state index in [9.17, 15) is 4.79 Å². The van der Waals surface area contributed by atoms with Crippen LogP contribution in [0.1, 0.15) is 9.67 Å². The van der Waals surface area contributed by atoms with Gasteiger partial charge in [-0.1, -0.05) is 0 Å². The number of nitrogens with one attached hydrogen (secondary N) is 1. The number of carbonyl (C=O) groups excluding carboxylic acids is 1. The molecule has 0 aliphatic carbocycles. The standard InChI is InChI=1S/C12H9N3OS/c13-10-5-15-12-9(10)3-7(4-14-12)11-2-1-8(6-16)17-11/h1-6H,13H2,(H,14,15). The van der Waals surface area contributed by atoms with Gasteiger partial charge in [0.25, 0.3) is 0 Å². The highest BCUT2D eigenvalue weighted by Gasteiger charge is 2.06. The van der Waals surface area contributed by atoms with Crippen molar-refractivity contribution in [1.82, 2.24) is 9.97 Å². The molecule has 5 heteroatoms. The molecule has 3 rings (SSSR count). The van der Waals surface area contributed by atoms with Crippen molar-refractivity contribution in [1.29, 1.82) is 0 Å². The van der Waals surface area contributed by atoms with Gasteiger partial charge in [0.1, 0.15) is 5.65 Å². The highest BCUT2D eigenvalue weighted by Crippen LogP contribution is 2.30. The number of aldehydes is 1. The predicted octanol–water partition coefficient (Wildman–Crippen LogP) is 2.69. The van der Waals surface area contributed by atoms with Crippen molar-refractivity contribution in [3.63, 3.8) is 0 Å². The third-order valence-electron chi connectivity index (χ3n) is 2.59. The first-order valence-corrected chi connectivity index (χ1v) is 5.87. The minimum absolute atomic E-state index is 0.682. The lowest BCUT2D eigenvalue weighted by Gasteiger charge is -1.97. The Balaban J connectivity index is 2.16. The molecule has 0 aliphatic rings. The Kier molecular flexibility index (Phi) is 2.19. The van der Waals surface area contributed by atoms with Crippen molar-refractivity contribution in [3.05, 3.63) is 35.5 Å². The number of nitrogens with two attached hydrogens (primary N) is 1. The Morgan fingerprint density at radius 2 is 2.29 bits per heavy atom. The summed E-state index contributed by atoms with van der Waals surface area (Å²) in [4.78, 5) is 19.7. The molecule has 3 aromatic heterocycles. The number of nitrogen functional groups attached to an aromatic ring is 1. The van der Waals surface area contributed by atoms with Crippen LogP contribution in [0.15, 0.2) is 30.6 Å². The van der Waals surface area contributed by atoms with Crippen molar-refractivity contribution >= 4 is 34.3 Å². The fraction of sp³-hybridized carbons (Fsp3) is 0. The van der Waals surface area contributed by atoms with Gasteiger partial charge in [0.2, 0.25) is 0 Å². The number of anilines is 1. The number of aromatic nitrogens is 2. The van der Waals surface area contributed by atoms with Crippen LogP contribution in [0.25, 0.3) is 21.5 Å². The summed E-state index contributed by atoms with van der Waals surface area (Å²) in [5.41, 5.74) is 8.26. The van der Waals surface area contributed by atoms with Gasteiger partial charge in [0.15, 0.2) is 6.29 Å². The van der Waals surface area contributed by atoms with E-state index in [0.29, 0.717) is 10.6 Å². The zero-order valence-electron chi connectivity index (χ0n) is 8.81. The number of H-pyrrole nitrogens is 1. The Morgan fingerprint density at radius 3 is 3.06 bits per heavy atom. The van der Waals surface area contributed by atoms with Gasteiger partial charge in [-0.15, -0.1) is 11.3 Å². The molecule has 0 spiro atoms. The maximum Gasteiger partial charge on any atom is 0.160 e. The molecule has 0 saturated carbocycles. The summed E-state index contributed by atoms with van der Waals surface area (Å²) in [5.74, 6) is 0. The molecule has 0 aliphatic heterocycles. The fourth-order valence-corrected chi connectivity index (χ4v) is 2.53. The lowest BCUT2D eigenvalue weighted by Crippen LogP contribution is -1.82. The molecule has 0 fully saturated rings.